The summed E-state index contributed by atoms with van der Waals surface area (Å²) in [6, 6.07) is 1.56. The second-order valence-electron chi connectivity index (χ2n) is 2.74. The number of hydrogen-bond donors (Lipinski definition) is 1. The van der Waals surface area contributed by atoms with Gasteiger partial charge in [0.2, 0.25) is 0 Å². The molecule has 1 saturated heterocycles. The van der Waals surface area contributed by atoms with Crippen LogP contribution in [-0.2, 0) is 4.84 Å². The number of hydrogen-bond acceptors (Lipinski definition) is 3. The van der Waals surface area contributed by atoms with Gasteiger partial charge >= 0.3 is 0 Å². The zero-order valence-electron chi connectivity index (χ0n) is 7.27. The van der Waals surface area contributed by atoms with Gasteiger partial charge in [-0.1, -0.05) is 0 Å². The van der Waals surface area contributed by atoms with Gasteiger partial charge in [0.05, 0.1) is 18.8 Å². The highest BCUT2D eigenvalue weighted by Crippen LogP contribution is 2.20. The van der Waals surface area contributed by atoms with Crippen molar-refractivity contribution < 1.29 is 9.23 Å². The van der Waals surface area contributed by atoms with E-state index >= 15 is 0 Å². The molecule has 0 bridgehead atoms. The summed E-state index contributed by atoms with van der Waals surface area (Å²) in [6.45, 7) is 0.668. The molecule has 1 fully saturated rings. The van der Waals surface area contributed by atoms with E-state index in [-0.39, 0.29) is 36.7 Å². The van der Waals surface area contributed by atoms with Gasteiger partial charge in [-0.2, -0.15) is 5.48 Å². The Bertz CT molecular complexity index is 282. The summed E-state index contributed by atoms with van der Waals surface area (Å²) in [5.74, 6) is -0.304. The summed E-state index contributed by atoms with van der Waals surface area (Å²) in [5, 5.41) is 0. The van der Waals surface area contributed by atoms with Crippen molar-refractivity contribution in [1.29, 1.82) is 0 Å². The zero-order valence-corrected chi connectivity index (χ0v) is 8.91. The molecule has 1 aliphatic rings. The Balaban J connectivity index is 0.000000845. The Morgan fingerprint density at radius 2 is 2.21 bits per heavy atom. The van der Waals surface area contributed by atoms with Crippen molar-refractivity contribution in [2.75, 3.05) is 6.61 Å². The molecule has 0 aliphatic carbocycles. The monoisotopic (exact) mass is 240 g/mol. The maximum absolute atomic E-state index is 12.7. The van der Waals surface area contributed by atoms with Crippen LogP contribution in [0.15, 0.2) is 18.5 Å². The van der Waals surface area contributed by atoms with E-state index in [1.54, 1.807) is 6.20 Å². The molecule has 0 saturated carbocycles. The van der Waals surface area contributed by atoms with Gasteiger partial charge in [0.25, 0.3) is 0 Å². The summed E-state index contributed by atoms with van der Waals surface area (Å²) in [6.07, 6.45) is 3.71. The number of aromatic nitrogens is 1. The minimum atomic E-state index is -0.304. The van der Waals surface area contributed by atoms with Crippen LogP contribution in [0, 0.1) is 5.82 Å². The first-order valence-corrected chi connectivity index (χ1v) is 3.84. The van der Waals surface area contributed by atoms with Gasteiger partial charge in [-0.15, -0.1) is 24.8 Å². The van der Waals surface area contributed by atoms with E-state index < -0.39 is 0 Å². The Kier molecular flexibility index (Phi) is 5.95. The molecule has 1 aliphatic heterocycles. The molecule has 6 heteroatoms. The molecule has 1 aromatic rings. The quantitative estimate of drug-likeness (QED) is 0.816. The Morgan fingerprint density at radius 3 is 2.79 bits per heavy atom. The molecule has 3 nitrogen and oxygen atoms in total. The number of pyridine rings is 1. The third kappa shape index (κ3) is 3.06. The van der Waals surface area contributed by atoms with Crippen molar-refractivity contribution in [3.05, 3.63) is 29.8 Å². The Hall–Kier alpha value is -0.420. The van der Waals surface area contributed by atoms with Gasteiger partial charge in [0.15, 0.2) is 0 Å². The van der Waals surface area contributed by atoms with Gasteiger partial charge in [-0.3, -0.25) is 4.98 Å². The highest BCUT2D eigenvalue weighted by atomic mass is 35.5. The van der Waals surface area contributed by atoms with Crippen molar-refractivity contribution in [2.24, 2.45) is 0 Å². The van der Waals surface area contributed by atoms with Crippen LogP contribution < -0.4 is 5.48 Å². The van der Waals surface area contributed by atoms with Crippen LogP contribution in [-0.4, -0.2) is 11.6 Å². The van der Waals surface area contributed by atoms with Crippen LogP contribution in [0.2, 0.25) is 0 Å². The van der Waals surface area contributed by atoms with Crippen molar-refractivity contribution in [2.45, 2.75) is 12.5 Å². The van der Waals surface area contributed by atoms with Crippen LogP contribution in [0.5, 0.6) is 0 Å². The molecule has 1 atom stereocenters. The van der Waals surface area contributed by atoms with Gasteiger partial charge in [0.1, 0.15) is 5.82 Å². The molecule has 2 rings (SSSR count). The largest absolute Gasteiger partial charge is 0.301 e. The first kappa shape index (κ1) is 13.6. The van der Waals surface area contributed by atoms with Crippen molar-refractivity contribution >= 4 is 24.8 Å². The summed E-state index contributed by atoms with van der Waals surface area (Å²) in [5.41, 5.74) is 3.63. The maximum atomic E-state index is 12.7. The van der Waals surface area contributed by atoms with E-state index in [1.807, 2.05) is 0 Å². The summed E-state index contributed by atoms with van der Waals surface area (Å²) < 4.78 is 12.7. The van der Waals surface area contributed by atoms with Crippen molar-refractivity contribution in [3.63, 3.8) is 0 Å². The molecule has 2 heterocycles. The van der Waals surface area contributed by atoms with Gasteiger partial charge in [-0.05, 0) is 18.1 Å². The lowest BCUT2D eigenvalue weighted by Gasteiger charge is -2.06. The normalized spacial score (nSPS) is 19.6. The minimum absolute atomic E-state index is 0. The third-order valence-electron chi connectivity index (χ3n) is 1.86. The van der Waals surface area contributed by atoms with Crippen LogP contribution in [0.3, 0.4) is 0 Å². The average Bonchev–Trinajstić information content (AvgIpc) is 2.56. The molecule has 14 heavy (non-hydrogen) atoms. The van der Waals surface area contributed by atoms with E-state index in [0.29, 0.717) is 6.61 Å². The molecule has 80 valence electrons. The summed E-state index contributed by atoms with van der Waals surface area (Å²) in [7, 11) is 0. The number of hydroxylamine groups is 1. The number of rotatable bonds is 1. The molecule has 0 aromatic carbocycles. The zero-order chi connectivity index (χ0) is 8.39. The number of nitrogens with one attached hydrogen (secondary N) is 1. The molecule has 1 N–H and O–H groups in total. The highest BCUT2D eigenvalue weighted by Gasteiger charge is 2.17. The average molecular weight is 241 g/mol. The molecule has 0 unspecified atom stereocenters. The van der Waals surface area contributed by atoms with E-state index in [1.165, 1.54) is 12.3 Å². The predicted octanol–water partition coefficient (Wildman–Crippen LogP) is 2.03. The number of halogens is 3. The summed E-state index contributed by atoms with van der Waals surface area (Å²) in [4.78, 5) is 8.71. The first-order valence-electron chi connectivity index (χ1n) is 3.84. The lowest BCUT2D eigenvalue weighted by atomic mass is 10.1. The van der Waals surface area contributed by atoms with Crippen LogP contribution in [0.1, 0.15) is 18.0 Å². The molecular weight excluding hydrogens is 230 g/mol. The molecule has 0 amide bonds. The van der Waals surface area contributed by atoms with E-state index in [4.69, 9.17) is 4.84 Å². The van der Waals surface area contributed by atoms with Crippen molar-refractivity contribution in [3.8, 4) is 0 Å². The van der Waals surface area contributed by atoms with Gasteiger partial charge in [0, 0.05) is 6.20 Å². The highest BCUT2D eigenvalue weighted by molar-refractivity contribution is 5.85. The SMILES string of the molecule is Cl.Cl.Fc1cncc([C@@H]2CCON2)c1. The lowest BCUT2D eigenvalue weighted by molar-refractivity contribution is 0.0882. The topological polar surface area (TPSA) is 34.1 Å². The predicted molar refractivity (Wildman–Crippen MR) is 55.1 cm³/mol. The fourth-order valence-electron chi connectivity index (χ4n) is 1.25. The minimum Gasteiger partial charge on any atom is -0.301 e. The standard InChI is InChI=1S/C8H9FN2O.2ClH/c9-7-3-6(4-10-5-7)8-1-2-12-11-8;;/h3-5,8,11H,1-2H2;2*1H/t8-;;/m0../s1. The summed E-state index contributed by atoms with van der Waals surface area (Å²) >= 11 is 0. The molecular formula is C8H11Cl2FN2O. The Morgan fingerprint density at radius 1 is 1.43 bits per heavy atom. The van der Waals surface area contributed by atoms with Crippen LogP contribution >= 0.6 is 24.8 Å². The molecule has 0 spiro atoms. The smallest absolute Gasteiger partial charge is 0.141 e. The first-order chi connectivity index (χ1) is 5.86. The van der Waals surface area contributed by atoms with E-state index in [9.17, 15) is 4.39 Å². The Labute approximate surface area is 93.8 Å². The molecule has 1 aromatic heterocycles. The second-order valence-corrected chi connectivity index (χ2v) is 2.74. The molecule has 0 radical (unpaired) electrons. The number of nitrogens with zero attached hydrogens (tertiary/aromatic N) is 1. The van der Waals surface area contributed by atoms with Gasteiger partial charge < -0.3 is 4.84 Å². The fraction of sp³-hybridized carbons (Fsp3) is 0.375. The van der Waals surface area contributed by atoms with Crippen molar-refractivity contribution in [1.82, 2.24) is 10.5 Å². The van der Waals surface area contributed by atoms with Crippen LogP contribution in [0.25, 0.3) is 0 Å². The van der Waals surface area contributed by atoms with Gasteiger partial charge in [-0.25, -0.2) is 4.39 Å². The lowest BCUT2D eigenvalue weighted by Crippen LogP contribution is -2.11. The van der Waals surface area contributed by atoms with E-state index in [0.717, 1.165) is 12.0 Å². The second kappa shape index (κ2) is 6.14. The fourth-order valence-corrected chi connectivity index (χ4v) is 1.25. The van der Waals surface area contributed by atoms with E-state index in [2.05, 4.69) is 10.5 Å². The van der Waals surface area contributed by atoms with Crippen LogP contribution in [0.4, 0.5) is 4.39 Å². The maximum Gasteiger partial charge on any atom is 0.141 e. The third-order valence-corrected chi connectivity index (χ3v) is 1.86.